The van der Waals surface area contributed by atoms with Crippen molar-refractivity contribution in [3.63, 3.8) is 0 Å². The lowest BCUT2D eigenvalue weighted by Crippen LogP contribution is -2.48. The lowest BCUT2D eigenvalue weighted by molar-refractivity contribution is 0.103. The molecule has 2 aliphatic rings. The highest BCUT2D eigenvalue weighted by atomic mass is 35.5. The van der Waals surface area contributed by atoms with Crippen molar-refractivity contribution in [3.8, 4) is 28.4 Å². The topological polar surface area (TPSA) is 104 Å². The quantitative estimate of drug-likeness (QED) is 0.163. The maximum Gasteiger partial charge on any atom is 0.142 e. The van der Waals surface area contributed by atoms with Gasteiger partial charge in [-0.2, -0.15) is 0 Å². The van der Waals surface area contributed by atoms with Crippen molar-refractivity contribution in [1.29, 1.82) is 0 Å². The summed E-state index contributed by atoms with van der Waals surface area (Å²) in [6.07, 6.45) is 3.17. The van der Waals surface area contributed by atoms with Crippen LogP contribution in [0, 0.1) is 6.92 Å². The number of fused-ring (bicyclic) bond motifs is 1. The molecule has 0 unspecified atom stereocenters. The van der Waals surface area contributed by atoms with E-state index < -0.39 is 5.54 Å². The van der Waals surface area contributed by atoms with E-state index in [1.165, 1.54) is 16.7 Å². The standard InChI is InChI=1S/C36H47ClN2O6/c1-4-43-34-19-35(31(37)18-25(34)20-38-36(3,22-40)23-41)45-33-13-12-29-28(9-5-10-30(29)33)27-8-6-11-32(24(27)2)44-17-7-15-39-16-14-26(42)21-39/h5-6,8-11,18-19,26,33,38,40-42H,4,7,12-17,20-23H2,1-3H3/t26-,33+/m1/s1. The number of aliphatic hydroxyl groups is 3. The number of aliphatic hydroxyl groups excluding tert-OH is 3. The number of hydrogen-bond acceptors (Lipinski definition) is 8. The first-order chi connectivity index (χ1) is 21.7. The maximum absolute atomic E-state index is 9.77. The van der Waals surface area contributed by atoms with Gasteiger partial charge in [-0.1, -0.05) is 41.9 Å². The van der Waals surface area contributed by atoms with Gasteiger partial charge in [-0.25, -0.2) is 0 Å². The number of likely N-dealkylation sites (tertiary alicyclic amines) is 1. The molecule has 0 amide bonds. The second-order valence-corrected chi connectivity index (χ2v) is 12.9. The van der Waals surface area contributed by atoms with Crippen LogP contribution in [0.3, 0.4) is 0 Å². The van der Waals surface area contributed by atoms with E-state index in [0.717, 1.165) is 67.8 Å². The van der Waals surface area contributed by atoms with Crippen molar-refractivity contribution < 1.29 is 29.5 Å². The molecule has 0 aromatic heterocycles. The average molecular weight is 639 g/mol. The van der Waals surface area contributed by atoms with Crippen LogP contribution in [-0.2, 0) is 13.0 Å². The molecule has 9 heteroatoms. The minimum atomic E-state index is -0.820. The summed E-state index contributed by atoms with van der Waals surface area (Å²) in [5.74, 6) is 2.12. The zero-order chi connectivity index (χ0) is 32.0. The molecule has 3 aromatic carbocycles. The third-order valence-corrected chi connectivity index (χ3v) is 9.30. The van der Waals surface area contributed by atoms with Crippen molar-refractivity contribution in [2.24, 2.45) is 0 Å². The highest BCUT2D eigenvalue weighted by Gasteiger charge is 2.29. The minimum absolute atomic E-state index is 0.146. The van der Waals surface area contributed by atoms with E-state index in [0.29, 0.717) is 36.3 Å². The molecule has 1 heterocycles. The Morgan fingerprint density at radius 2 is 1.78 bits per heavy atom. The predicted molar refractivity (Wildman–Crippen MR) is 178 cm³/mol. The summed E-state index contributed by atoms with van der Waals surface area (Å²) in [6.45, 7) is 9.55. The van der Waals surface area contributed by atoms with Gasteiger partial charge in [0.25, 0.3) is 0 Å². The average Bonchev–Trinajstić information content (AvgIpc) is 3.66. The van der Waals surface area contributed by atoms with Crippen LogP contribution in [0.1, 0.15) is 61.5 Å². The molecular formula is C36H47ClN2O6. The van der Waals surface area contributed by atoms with Crippen LogP contribution >= 0.6 is 11.6 Å². The molecule has 3 aromatic rings. The summed E-state index contributed by atoms with van der Waals surface area (Å²) in [5.41, 5.74) is 5.93. The zero-order valence-electron chi connectivity index (χ0n) is 26.7. The lowest BCUT2D eigenvalue weighted by Gasteiger charge is -2.27. The lowest BCUT2D eigenvalue weighted by atomic mass is 9.93. The number of hydrogen-bond donors (Lipinski definition) is 4. The Morgan fingerprint density at radius 3 is 2.51 bits per heavy atom. The summed E-state index contributed by atoms with van der Waals surface area (Å²) < 4.78 is 18.7. The fourth-order valence-electron chi connectivity index (χ4n) is 6.26. The number of nitrogens with zero attached hydrogens (tertiary/aromatic N) is 1. The molecule has 5 rings (SSSR count). The van der Waals surface area contributed by atoms with Crippen molar-refractivity contribution >= 4 is 11.6 Å². The van der Waals surface area contributed by atoms with E-state index >= 15 is 0 Å². The van der Waals surface area contributed by atoms with Crippen molar-refractivity contribution in [2.75, 3.05) is 46.1 Å². The molecule has 45 heavy (non-hydrogen) atoms. The van der Waals surface area contributed by atoms with Gasteiger partial charge in [0.1, 0.15) is 23.4 Å². The SMILES string of the molecule is CCOc1cc(O[C@H]2CCc3c(-c4cccc(OCCCN5CC[C@@H](O)C5)c4C)cccc32)c(Cl)cc1CNC(C)(CO)CO. The van der Waals surface area contributed by atoms with E-state index in [-0.39, 0.29) is 25.4 Å². The number of benzene rings is 3. The molecule has 0 spiro atoms. The van der Waals surface area contributed by atoms with Gasteiger partial charge in [-0.05, 0) is 86.4 Å². The van der Waals surface area contributed by atoms with E-state index in [1.54, 1.807) is 6.92 Å². The summed E-state index contributed by atoms with van der Waals surface area (Å²) in [7, 11) is 0. The van der Waals surface area contributed by atoms with Crippen LogP contribution in [-0.4, -0.2) is 77.9 Å². The second kappa shape index (κ2) is 15.2. The predicted octanol–water partition coefficient (Wildman–Crippen LogP) is 5.45. The number of β-amino-alcohol motifs (C(OH)–C–C–N with tert-alkyl or cyclic N) is 1. The first kappa shape index (κ1) is 33.5. The van der Waals surface area contributed by atoms with Crippen LogP contribution in [0.5, 0.6) is 17.2 Å². The van der Waals surface area contributed by atoms with Gasteiger partial charge in [0.2, 0.25) is 0 Å². The van der Waals surface area contributed by atoms with E-state index in [4.69, 9.17) is 25.8 Å². The highest BCUT2D eigenvalue weighted by molar-refractivity contribution is 6.32. The van der Waals surface area contributed by atoms with Crippen LogP contribution in [0.15, 0.2) is 48.5 Å². The number of rotatable bonds is 15. The first-order valence-corrected chi connectivity index (χ1v) is 16.5. The molecule has 1 aliphatic heterocycles. The Balaban J connectivity index is 1.30. The van der Waals surface area contributed by atoms with Crippen LogP contribution in [0.2, 0.25) is 5.02 Å². The van der Waals surface area contributed by atoms with Crippen LogP contribution in [0.4, 0.5) is 0 Å². The monoisotopic (exact) mass is 638 g/mol. The van der Waals surface area contributed by atoms with Gasteiger partial charge in [0.05, 0.1) is 43.1 Å². The van der Waals surface area contributed by atoms with Gasteiger partial charge in [0.15, 0.2) is 0 Å². The maximum atomic E-state index is 9.77. The van der Waals surface area contributed by atoms with Crippen LogP contribution < -0.4 is 19.5 Å². The van der Waals surface area contributed by atoms with Gasteiger partial charge in [-0.3, -0.25) is 0 Å². The minimum Gasteiger partial charge on any atom is -0.493 e. The molecule has 0 radical (unpaired) electrons. The fourth-order valence-corrected chi connectivity index (χ4v) is 6.49. The molecule has 0 bridgehead atoms. The number of nitrogens with one attached hydrogen (secondary N) is 1. The van der Waals surface area contributed by atoms with E-state index in [2.05, 4.69) is 47.5 Å². The first-order valence-electron chi connectivity index (χ1n) is 16.1. The highest BCUT2D eigenvalue weighted by Crippen LogP contribution is 2.44. The van der Waals surface area contributed by atoms with E-state index in [1.807, 2.05) is 25.1 Å². The summed E-state index contributed by atoms with van der Waals surface area (Å²) in [6, 6.07) is 16.4. The second-order valence-electron chi connectivity index (χ2n) is 12.4. The van der Waals surface area contributed by atoms with E-state index in [9.17, 15) is 15.3 Å². The Morgan fingerprint density at radius 1 is 1.00 bits per heavy atom. The molecule has 8 nitrogen and oxygen atoms in total. The summed E-state index contributed by atoms with van der Waals surface area (Å²) >= 11 is 6.75. The smallest absolute Gasteiger partial charge is 0.142 e. The number of ether oxygens (including phenoxy) is 3. The van der Waals surface area contributed by atoms with Gasteiger partial charge >= 0.3 is 0 Å². The molecule has 1 saturated heterocycles. The van der Waals surface area contributed by atoms with Gasteiger partial charge < -0.3 is 39.7 Å². The third-order valence-electron chi connectivity index (χ3n) is 9.00. The Kier molecular flexibility index (Phi) is 11.3. The van der Waals surface area contributed by atoms with Crippen molar-refractivity contribution in [1.82, 2.24) is 10.2 Å². The molecule has 4 N–H and O–H groups in total. The molecule has 244 valence electrons. The third kappa shape index (κ3) is 7.94. The van der Waals surface area contributed by atoms with Gasteiger partial charge in [-0.15, -0.1) is 0 Å². The van der Waals surface area contributed by atoms with Crippen molar-refractivity contribution in [3.05, 3.63) is 75.8 Å². The molecule has 1 aliphatic carbocycles. The fraction of sp³-hybridized carbons (Fsp3) is 0.500. The molecule has 2 atom stereocenters. The Bertz CT molecular complexity index is 1450. The molecule has 0 saturated carbocycles. The summed E-state index contributed by atoms with van der Waals surface area (Å²) in [4.78, 5) is 2.30. The largest absolute Gasteiger partial charge is 0.493 e. The Hall–Kier alpha value is -2.85. The Labute approximate surface area is 271 Å². The van der Waals surface area contributed by atoms with Gasteiger partial charge in [0, 0.05) is 37.8 Å². The van der Waals surface area contributed by atoms with Crippen molar-refractivity contribution in [2.45, 2.75) is 70.7 Å². The zero-order valence-corrected chi connectivity index (χ0v) is 27.4. The summed E-state index contributed by atoms with van der Waals surface area (Å²) in [5, 5.41) is 32.8. The molecule has 1 fully saturated rings. The van der Waals surface area contributed by atoms with Crippen LogP contribution in [0.25, 0.3) is 11.1 Å². The number of halogens is 1. The normalized spacial score (nSPS) is 18.3. The molecular weight excluding hydrogens is 592 g/mol.